The smallest absolute Gasteiger partial charge is 0.349 e. The number of aryl methyl sites for hydroxylation is 2. The van der Waals surface area contributed by atoms with E-state index in [1.807, 2.05) is 62.4 Å². The van der Waals surface area contributed by atoms with Crippen LogP contribution in [0, 0.1) is 13.8 Å². The monoisotopic (exact) mass is 362 g/mol. The summed E-state index contributed by atoms with van der Waals surface area (Å²) in [7, 11) is 0. The highest BCUT2D eigenvalue weighted by Crippen LogP contribution is 2.20. The van der Waals surface area contributed by atoms with Gasteiger partial charge in [0.25, 0.3) is 0 Å². The second-order valence-electron chi connectivity index (χ2n) is 6.25. The molecule has 0 spiro atoms. The van der Waals surface area contributed by atoms with E-state index in [-0.39, 0.29) is 6.61 Å². The number of carbonyl (C=O) groups excluding carboxylic acids is 1. The molecule has 0 fully saturated rings. The Hall–Kier alpha value is -3.27. The van der Waals surface area contributed by atoms with E-state index < -0.39 is 5.97 Å². The van der Waals surface area contributed by atoms with E-state index in [1.165, 1.54) is 5.56 Å². The zero-order valence-corrected chi connectivity index (χ0v) is 15.5. The van der Waals surface area contributed by atoms with Crippen molar-refractivity contribution in [3.8, 4) is 17.2 Å². The fraction of sp³-hybridized carbons (Fsp3) is 0.174. The van der Waals surface area contributed by atoms with Crippen molar-refractivity contribution in [2.24, 2.45) is 0 Å². The van der Waals surface area contributed by atoms with Crippen molar-refractivity contribution in [2.75, 3.05) is 6.61 Å². The van der Waals surface area contributed by atoms with E-state index in [0.717, 1.165) is 11.1 Å². The molecule has 4 heteroatoms. The van der Waals surface area contributed by atoms with Gasteiger partial charge in [-0.25, -0.2) is 4.79 Å². The lowest BCUT2D eigenvalue weighted by Gasteiger charge is -2.09. The molecule has 0 saturated carbocycles. The second-order valence-corrected chi connectivity index (χ2v) is 6.25. The minimum absolute atomic E-state index is 0.144. The van der Waals surface area contributed by atoms with Crippen LogP contribution in [0.1, 0.15) is 16.7 Å². The number of hydrogen-bond donors (Lipinski definition) is 0. The Labute approximate surface area is 159 Å². The lowest BCUT2D eigenvalue weighted by Crippen LogP contribution is -2.17. The van der Waals surface area contributed by atoms with E-state index in [4.69, 9.17) is 14.2 Å². The summed E-state index contributed by atoms with van der Waals surface area (Å²) in [4.78, 5) is 12.0. The van der Waals surface area contributed by atoms with Crippen molar-refractivity contribution in [1.29, 1.82) is 0 Å². The van der Waals surface area contributed by atoms with E-state index in [0.29, 0.717) is 23.9 Å². The SMILES string of the molecule is Cc1ccc(OCC(=O)Oc2ccc(OCc3ccccc3)cc2)cc1C. The van der Waals surface area contributed by atoms with Gasteiger partial charge in [0.15, 0.2) is 6.61 Å². The number of carbonyl (C=O) groups is 1. The minimum Gasteiger partial charge on any atom is -0.489 e. The number of benzene rings is 3. The number of rotatable bonds is 7. The Bertz CT molecular complexity index is 886. The molecule has 0 bridgehead atoms. The summed E-state index contributed by atoms with van der Waals surface area (Å²) in [6, 6.07) is 22.6. The quantitative estimate of drug-likeness (QED) is 0.444. The Kier molecular flexibility index (Phi) is 6.10. The van der Waals surface area contributed by atoms with Crippen LogP contribution in [-0.2, 0) is 11.4 Å². The molecule has 0 aliphatic carbocycles. The summed E-state index contributed by atoms with van der Waals surface area (Å²) in [6.45, 7) is 4.38. The van der Waals surface area contributed by atoms with Crippen LogP contribution in [0.15, 0.2) is 72.8 Å². The number of ether oxygens (including phenoxy) is 3. The molecule has 0 radical (unpaired) electrons. The van der Waals surface area contributed by atoms with Crippen LogP contribution in [0.3, 0.4) is 0 Å². The van der Waals surface area contributed by atoms with Crippen LogP contribution >= 0.6 is 0 Å². The first-order valence-corrected chi connectivity index (χ1v) is 8.78. The summed E-state index contributed by atoms with van der Waals surface area (Å²) in [5.74, 6) is 1.37. The molecule has 3 aromatic rings. The molecule has 0 aromatic heterocycles. The summed E-state index contributed by atoms with van der Waals surface area (Å²) in [5, 5.41) is 0. The molecule has 0 aliphatic rings. The van der Waals surface area contributed by atoms with Crippen LogP contribution in [0.4, 0.5) is 0 Å². The van der Waals surface area contributed by atoms with E-state index in [2.05, 4.69) is 0 Å². The standard InChI is InChI=1S/C23H22O4/c1-17-8-9-22(14-18(17)2)26-16-23(24)27-21-12-10-20(11-13-21)25-15-19-6-4-3-5-7-19/h3-14H,15-16H2,1-2H3. The zero-order chi connectivity index (χ0) is 19.1. The fourth-order valence-corrected chi connectivity index (χ4v) is 2.45. The van der Waals surface area contributed by atoms with Crippen LogP contribution in [-0.4, -0.2) is 12.6 Å². The van der Waals surface area contributed by atoms with Gasteiger partial charge in [-0.2, -0.15) is 0 Å². The van der Waals surface area contributed by atoms with Crippen molar-refractivity contribution in [3.05, 3.63) is 89.5 Å². The molecule has 0 aliphatic heterocycles. The molecule has 3 aromatic carbocycles. The summed E-state index contributed by atoms with van der Waals surface area (Å²) in [5.41, 5.74) is 3.39. The normalized spacial score (nSPS) is 10.3. The summed E-state index contributed by atoms with van der Waals surface area (Å²) in [6.07, 6.45) is 0. The third-order valence-electron chi connectivity index (χ3n) is 4.14. The third-order valence-corrected chi connectivity index (χ3v) is 4.14. The number of esters is 1. The Balaban J connectivity index is 1.47. The first kappa shape index (κ1) is 18.5. The summed E-state index contributed by atoms with van der Waals surface area (Å²) >= 11 is 0. The van der Waals surface area contributed by atoms with Gasteiger partial charge in [0.2, 0.25) is 0 Å². The van der Waals surface area contributed by atoms with Crippen LogP contribution in [0.25, 0.3) is 0 Å². The van der Waals surface area contributed by atoms with Crippen molar-refractivity contribution >= 4 is 5.97 Å². The Morgan fingerprint density at radius 1 is 0.741 bits per heavy atom. The molecular weight excluding hydrogens is 340 g/mol. The predicted molar refractivity (Wildman–Crippen MR) is 104 cm³/mol. The molecule has 0 heterocycles. The van der Waals surface area contributed by atoms with Crippen molar-refractivity contribution in [2.45, 2.75) is 20.5 Å². The second kappa shape index (κ2) is 8.90. The largest absolute Gasteiger partial charge is 0.489 e. The fourth-order valence-electron chi connectivity index (χ4n) is 2.45. The maximum absolute atomic E-state index is 12.0. The lowest BCUT2D eigenvalue weighted by molar-refractivity contribution is -0.136. The van der Waals surface area contributed by atoms with Gasteiger partial charge in [0.05, 0.1) is 0 Å². The average molecular weight is 362 g/mol. The molecule has 0 amide bonds. The maximum Gasteiger partial charge on any atom is 0.349 e. The Morgan fingerprint density at radius 2 is 1.41 bits per heavy atom. The van der Waals surface area contributed by atoms with Gasteiger partial charge >= 0.3 is 5.97 Å². The molecule has 27 heavy (non-hydrogen) atoms. The van der Waals surface area contributed by atoms with Crippen LogP contribution in [0.5, 0.6) is 17.2 Å². The predicted octanol–water partition coefficient (Wildman–Crippen LogP) is 4.87. The van der Waals surface area contributed by atoms with Gasteiger partial charge in [-0.15, -0.1) is 0 Å². The van der Waals surface area contributed by atoms with E-state index in [1.54, 1.807) is 24.3 Å². The molecule has 0 unspecified atom stereocenters. The molecule has 0 saturated heterocycles. The van der Waals surface area contributed by atoms with Gasteiger partial charge in [0, 0.05) is 0 Å². The average Bonchev–Trinajstić information content (AvgIpc) is 2.69. The summed E-state index contributed by atoms with van der Waals surface area (Å²) < 4.78 is 16.5. The molecular formula is C23H22O4. The van der Waals surface area contributed by atoms with Gasteiger partial charge in [-0.05, 0) is 66.9 Å². The number of hydrogen-bond acceptors (Lipinski definition) is 4. The molecule has 4 nitrogen and oxygen atoms in total. The minimum atomic E-state index is -0.453. The molecule has 0 N–H and O–H groups in total. The maximum atomic E-state index is 12.0. The first-order valence-electron chi connectivity index (χ1n) is 8.78. The van der Waals surface area contributed by atoms with Gasteiger partial charge < -0.3 is 14.2 Å². The van der Waals surface area contributed by atoms with Crippen molar-refractivity contribution < 1.29 is 19.0 Å². The third kappa shape index (κ3) is 5.61. The topological polar surface area (TPSA) is 44.8 Å². The highest BCUT2D eigenvalue weighted by molar-refractivity contribution is 5.74. The Morgan fingerprint density at radius 3 is 2.11 bits per heavy atom. The van der Waals surface area contributed by atoms with Crippen molar-refractivity contribution in [3.63, 3.8) is 0 Å². The first-order chi connectivity index (χ1) is 13.1. The van der Waals surface area contributed by atoms with Crippen LogP contribution < -0.4 is 14.2 Å². The van der Waals surface area contributed by atoms with Gasteiger partial charge in [-0.3, -0.25) is 0 Å². The molecule has 138 valence electrons. The zero-order valence-electron chi connectivity index (χ0n) is 15.5. The van der Waals surface area contributed by atoms with Crippen LogP contribution in [0.2, 0.25) is 0 Å². The lowest BCUT2D eigenvalue weighted by atomic mass is 10.1. The van der Waals surface area contributed by atoms with Gasteiger partial charge in [0.1, 0.15) is 23.9 Å². The van der Waals surface area contributed by atoms with E-state index in [9.17, 15) is 4.79 Å². The van der Waals surface area contributed by atoms with Crippen molar-refractivity contribution in [1.82, 2.24) is 0 Å². The van der Waals surface area contributed by atoms with Gasteiger partial charge in [-0.1, -0.05) is 36.4 Å². The van der Waals surface area contributed by atoms with E-state index >= 15 is 0 Å². The molecule has 0 atom stereocenters. The highest BCUT2D eigenvalue weighted by Gasteiger charge is 2.07. The molecule has 3 rings (SSSR count). The highest BCUT2D eigenvalue weighted by atomic mass is 16.6.